The smallest absolute Gasteiger partial charge is 0.328 e. The molecule has 1 fully saturated rings. The number of nitrogens with one attached hydrogen (secondary N) is 1. The Bertz CT molecular complexity index is 768. The van der Waals surface area contributed by atoms with Gasteiger partial charge in [-0.15, -0.1) is 0 Å². The molecule has 1 amide bonds. The van der Waals surface area contributed by atoms with Gasteiger partial charge in [0, 0.05) is 31.8 Å². The number of rotatable bonds is 5. The number of aromatic nitrogens is 2. The standard InChI is InChI=1S/C15H22N4O6/c1-15(25)5-7-18(12(21)3-2-9(16)13(22)23)8-10(15)19-6-4-11(20)17-14(19)24/h4,6,9-10,25H,2-3,5,7-8,16H2,1H3,(H,22,23)(H,17,20,24)/t9-,10+,15+/m0/s1. The number of aliphatic carboxylic acids is 1. The third-order valence-electron chi connectivity index (χ3n) is 4.53. The second-order valence-electron chi connectivity index (χ2n) is 6.46. The van der Waals surface area contributed by atoms with E-state index >= 15 is 0 Å². The fourth-order valence-corrected chi connectivity index (χ4v) is 2.87. The number of nitrogens with two attached hydrogens (primary N) is 1. The van der Waals surface area contributed by atoms with Crippen LogP contribution in [0.1, 0.15) is 32.2 Å². The lowest BCUT2D eigenvalue weighted by molar-refractivity contribution is -0.140. The number of nitrogens with zero attached hydrogens (tertiary/aromatic N) is 2. The summed E-state index contributed by atoms with van der Waals surface area (Å²) in [5.74, 6) is -1.47. The Kier molecular flexibility index (Phi) is 5.43. The number of carboxylic acid groups (broad SMARTS) is 1. The van der Waals surface area contributed by atoms with Gasteiger partial charge >= 0.3 is 11.7 Å². The Labute approximate surface area is 142 Å². The molecule has 1 aromatic rings. The highest BCUT2D eigenvalue weighted by Crippen LogP contribution is 2.31. The van der Waals surface area contributed by atoms with Crippen molar-refractivity contribution in [3.8, 4) is 0 Å². The Morgan fingerprint density at radius 3 is 2.76 bits per heavy atom. The predicted molar refractivity (Wildman–Crippen MR) is 87.0 cm³/mol. The van der Waals surface area contributed by atoms with Gasteiger partial charge in [-0.05, 0) is 19.8 Å². The van der Waals surface area contributed by atoms with Gasteiger partial charge in [0.25, 0.3) is 5.56 Å². The predicted octanol–water partition coefficient (Wildman–Crippen LogP) is -1.75. The second-order valence-corrected chi connectivity index (χ2v) is 6.46. The van der Waals surface area contributed by atoms with E-state index in [2.05, 4.69) is 4.98 Å². The van der Waals surface area contributed by atoms with Crippen molar-refractivity contribution in [1.82, 2.24) is 14.5 Å². The Hall–Kier alpha value is -2.46. The number of aliphatic hydroxyl groups is 1. The van der Waals surface area contributed by atoms with Crippen LogP contribution in [-0.4, -0.2) is 61.3 Å². The fraction of sp³-hybridized carbons (Fsp3) is 0.600. The zero-order valence-corrected chi connectivity index (χ0v) is 13.8. The number of likely N-dealkylation sites (tertiary alicyclic amines) is 1. The number of hydrogen-bond acceptors (Lipinski definition) is 6. The van der Waals surface area contributed by atoms with Gasteiger partial charge in [-0.25, -0.2) is 4.79 Å². The number of amides is 1. The van der Waals surface area contributed by atoms with Crippen molar-refractivity contribution < 1.29 is 19.8 Å². The summed E-state index contributed by atoms with van der Waals surface area (Å²) in [5, 5.41) is 19.4. The molecular formula is C15H22N4O6. The topological polar surface area (TPSA) is 159 Å². The van der Waals surface area contributed by atoms with Gasteiger partial charge in [-0.2, -0.15) is 0 Å². The summed E-state index contributed by atoms with van der Waals surface area (Å²) in [7, 11) is 0. The SMILES string of the molecule is C[C@@]1(O)CCN(C(=O)CC[C@H](N)C(=O)O)C[C@H]1n1ccc(=O)[nH]c1=O. The summed E-state index contributed by atoms with van der Waals surface area (Å²) in [6, 6.07) is -0.679. The third-order valence-corrected chi connectivity index (χ3v) is 4.53. The minimum absolute atomic E-state index is 0.00430. The van der Waals surface area contributed by atoms with E-state index in [9.17, 15) is 24.3 Å². The van der Waals surface area contributed by atoms with Crippen LogP contribution in [0.5, 0.6) is 0 Å². The number of carbonyl (C=O) groups excluding carboxylic acids is 1. The lowest BCUT2D eigenvalue weighted by Gasteiger charge is -2.43. The first-order valence-electron chi connectivity index (χ1n) is 7.92. The van der Waals surface area contributed by atoms with Crippen LogP contribution in [0, 0.1) is 0 Å². The summed E-state index contributed by atoms with van der Waals surface area (Å²) in [4.78, 5) is 49.8. The van der Waals surface area contributed by atoms with Crippen LogP contribution < -0.4 is 17.0 Å². The van der Waals surface area contributed by atoms with Crippen molar-refractivity contribution in [2.75, 3.05) is 13.1 Å². The number of piperidine rings is 1. The first-order valence-corrected chi connectivity index (χ1v) is 7.92. The van der Waals surface area contributed by atoms with Crippen molar-refractivity contribution in [1.29, 1.82) is 0 Å². The highest BCUT2D eigenvalue weighted by atomic mass is 16.4. The molecule has 138 valence electrons. The average molecular weight is 354 g/mol. The van der Waals surface area contributed by atoms with Gasteiger partial charge in [0.15, 0.2) is 0 Å². The number of H-pyrrole nitrogens is 1. The molecule has 2 rings (SSSR count). The maximum absolute atomic E-state index is 12.3. The first-order chi connectivity index (χ1) is 11.6. The summed E-state index contributed by atoms with van der Waals surface area (Å²) >= 11 is 0. The number of carbonyl (C=O) groups is 2. The molecule has 1 saturated heterocycles. The minimum Gasteiger partial charge on any atom is -0.480 e. The normalized spacial score (nSPS) is 24.8. The van der Waals surface area contributed by atoms with E-state index in [1.54, 1.807) is 6.92 Å². The van der Waals surface area contributed by atoms with E-state index in [1.165, 1.54) is 21.7 Å². The van der Waals surface area contributed by atoms with Crippen molar-refractivity contribution in [2.45, 2.75) is 43.9 Å². The molecule has 5 N–H and O–H groups in total. The van der Waals surface area contributed by atoms with Crippen LogP contribution in [0.3, 0.4) is 0 Å². The zero-order chi connectivity index (χ0) is 18.8. The average Bonchev–Trinajstić information content (AvgIpc) is 2.52. The molecule has 2 heterocycles. The van der Waals surface area contributed by atoms with Crippen molar-refractivity contribution in [3.05, 3.63) is 33.1 Å². The fourth-order valence-electron chi connectivity index (χ4n) is 2.87. The molecule has 1 aliphatic heterocycles. The Morgan fingerprint density at radius 2 is 2.16 bits per heavy atom. The third kappa shape index (κ3) is 4.34. The highest BCUT2D eigenvalue weighted by molar-refractivity contribution is 5.78. The van der Waals surface area contributed by atoms with Gasteiger partial charge < -0.3 is 20.8 Å². The summed E-state index contributed by atoms with van der Waals surface area (Å²) in [5.41, 5.74) is 2.95. The second kappa shape index (κ2) is 7.19. The highest BCUT2D eigenvalue weighted by Gasteiger charge is 2.40. The molecule has 1 aliphatic rings. The molecule has 0 saturated carbocycles. The first kappa shape index (κ1) is 18.9. The molecule has 10 heteroatoms. The maximum atomic E-state index is 12.3. The van der Waals surface area contributed by atoms with Crippen LogP contribution in [0.25, 0.3) is 0 Å². The largest absolute Gasteiger partial charge is 0.480 e. The molecule has 3 atom stereocenters. The lowest BCUT2D eigenvalue weighted by Crippen LogP contribution is -2.55. The molecule has 0 aliphatic carbocycles. The quantitative estimate of drug-likeness (QED) is 0.488. The van der Waals surface area contributed by atoms with Crippen molar-refractivity contribution in [2.24, 2.45) is 5.73 Å². The molecule has 1 aromatic heterocycles. The molecule has 10 nitrogen and oxygen atoms in total. The van der Waals surface area contributed by atoms with Crippen LogP contribution >= 0.6 is 0 Å². The number of carboxylic acids is 1. The Balaban J connectivity index is 2.15. The van der Waals surface area contributed by atoms with Gasteiger partial charge in [-0.1, -0.05) is 0 Å². The van der Waals surface area contributed by atoms with E-state index in [0.29, 0.717) is 0 Å². The van der Waals surface area contributed by atoms with Gasteiger partial charge in [0.05, 0.1) is 11.6 Å². The van der Waals surface area contributed by atoms with Crippen molar-refractivity contribution in [3.63, 3.8) is 0 Å². The molecule has 0 bridgehead atoms. The number of hydrogen-bond donors (Lipinski definition) is 4. The van der Waals surface area contributed by atoms with E-state index in [-0.39, 0.29) is 38.3 Å². The van der Waals surface area contributed by atoms with Crippen LogP contribution in [0.2, 0.25) is 0 Å². The van der Waals surface area contributed by atoms with Crippen LogP contribution in [0.15, 0.2) is 21.9 Å². The molecule has 0 radical (unpaired) electrons. The van der Waals surface area contributed by atoms with Crippen LogP contribution in [0.4, 0.5) is 0 Å². The maximum Gasteiger partial charge on any atom is 0.328 e. The monoisotopic (exact) mass is 354 g/mol. The van der Waals surface area contributed by atoms with Gasteiger partial charge in [0.1, 0.15) is 6.04 Å². The molecular weight excluding hydrogens is 332 g/mol. The molecule has 0 aromatic carbocycles. The zero-order valence-electron chi connectivity index (χ0n) is 13.8. The van der Waals surface area contributed by atoms with E-state index < -0.39 is 34.9 Å². The van der Waals surface area contributed by atoms with Gasteiger partial charge in [0.2, 0.25) is 5.91 Å². The van der Waals surface area contributed by atoms with Crippen molar-refractivity contribution >= 4 is 11.9 Å². The molecule has 0 unspecified atom stereocenters. The summed E-state index contributed by atoms with van der Waals surface area (Å²) in [6.07, 6.45) is 1.49. The molecule has 25 heavy (non-hydrogen) atoms. The minimum atomic E-state index is -1.24. The van der Waals surface area contributed by atoms with Gasteiger partial charge in [-0.3, -0.25) is 23.9 Å². The van der Waals surface area contributed by atoms with E-state index in [1.807, 2.05) is 0 Å². The van der Waals surface area contributed by atoms with Crippen LogP contribution in [-0.2, 0) is 9.59 Å². The Morgan fingerprint density at radius 1 is 1.48 bits per heavy atom. The lowest BCUT2D eigenvalue weighted by atomic mass is 9.88. The summed E-state index contributed by atoms with van der Waals surface area (Å²) in [6.45, 7) is 1.92. The number of aromatic amines is 1. The van der Waals surface area contributed by atoms with E-state index in [4.69, 9.17) is 10.8 Å². The molecule has 0 spiro atoms. The summed E-state index contributed by atoms with van der Waals surface area (Å²) < 4.78 is 1.20. The van der Waals surface area contributed by atoms with E-state index in [0.717, 1.165) is 0 Å².